The Morgan fingerprint density at radius 1 is 1.40 bits per heavy atom. The number of carbonyl (C=O) groups excluding carboxylic acids is 1. The first kappa shape index (κ1) is 19.4. The Bertz CT molecular complexity index is 590. The Labute approximate surface area is 148 Å². The van der Waals surface area contributed by atoms with E-state index in [1.165, 1.54) is 12.5 Å². The van der Waals surface area contributed by atoms with Crippen LogP contribution in [-0.4, -0.2) is 41.7 Å². The fourth-order valence-corrected chi connectivity index (χ4v) is 3.05. The molecule has 0 saturated heterocycles. The summed E-state index contributed by atoms with van der Waals surface area (Å²) >= 11 is 0. The minimum atomic E-state index is -2.04. The average molecular weight is 349 g/mol. The SMILES string of the molecule is CC(F)(CCC(CC(O)CCc1ccccc1)C1=NCCN1)C(N)=O. The second kappa shape index (κ2) is 8.94. The number of carbonyl (C=O) groups is 1. The van der Waals surface area contributed by atoms with Crippen LogP contribution in [0, 0.1) is 5.92 Å². The zero-order valence-corrected chi connectivity index (χ0v) is 14.7. The van der Waals surface area contributed by atoms with E-state index in [0.717, 1.165) is 18.8 Å². The maximum absolute atomic E-state index is 14.2. The zero-order valence-electron chi connectivity index (χ0n) is 14.7. The molecule has 3 atom stereocenters. The molecule has 6 heteroatoms. The number of aryl methyl sites for hydroxylation is 1. The summed E-state index contributed by atoms with van der Waals surface area (Å²) in [5.74, 6) is -0.237. The van der Waals surface area contributed by atoms with Crippen LogP contribution in [0.3, 0.4) is 0 Å². The lowest BCUT2D eigenvalue weighted by atomic mass is 9.88. The van der Waals surface area contributed by atoms with Gasteiger partial charge in [0, 0.05) is 12.5 Å². The number of amides is 1. The summed E-state index contributed by atoms with van der Waals surface area (Å²) in [5.41, 5.74) is 4.26. The number of aliphatic hydroxyl groups excluding tert-OH is 1. The van der Waals surface area contributed by atoms with E-state index in [4.69, 9.17) is 5.73 Å². The van der Waals surface area contributed by atoms with Crippen LogP contribution in [0.5, 0.6) is 0 Å². The highest BCUT2D eigenvalue weighted by Gasteiger charge is 2.33. The largest absolute Gasteiger partial charge is 0.393 e. The van der Waals surface area contributed by atoms with E-state index in [0.29, 0.717) is 25.8 Å². The molecule has 1 heterocycles. The molecular formula is C19H28FN3O2. The number of aliphatic imine (C=N–C) groups is 1. The van der Waals surface area contributed by atoms with Gasteiger partial charge in [-0.1, -0.05) is 30.3 Å². The maximum Gasteiger partial charge on any atom is 0.254 e. The van der Waals surface area contributed by atoms with Gasteiger partial charge in [-0.2, -0.15) is 0 Å². The van der Waals surface area contributed by atoms with Crippen LogP contribution in [-0.2, 0) is 11.2 Å². The number of benzene rings is 1. The summed E-state index contributed by atoms with van der Waals surface area (Å²) in [6.45, 7) is 2.66. The van der Waals surface area contributed by atoms with Crippen molar-refractivity contribution in [2.75, 3.05) is 13.1 Å². The summed E-state index contributed by atoms with van der Waals surface area (Å²) in [7, 11) is 0. The van der Waals surface area contributed by atoms with E-state index in [1.54, 1.807) is 0 Å². The topological polar surface area (TPSA) is 87.7 Å². The molecule has 1 aromatic rings. The van der Waals surface area contributed by atoms with Crippen molar-refractivity contribution in [2.24, 2.45) is 16.6 Å². The third kappa shape index (κ3) is 6.12. The molecule has 0 aliphatic carbocycles. The highest BCUT2D eigenvalue weighted by atomic mass is 19.1. The molecule has 1 aliphatic heterocycles. The summed E-state index contributed by atoms with van der Waals surface area (Å²) in [5, 5.41) is 13.6. The first-order valence-electron chi connectivity index (χ1n) is 8.87. The lowest BCUT2D eigenvalue weighted by Crippen LogP contribution is -2.38. The van der Waals surface area contributed by atoms with Crippen molar-refractivity contribution in [3.05, 3.63) is 35.9 Å². The highest BCUT2D eigenvalue weighted by molar-refractivity contribution is 5.86. The number of primary amides is 1. The van der Waals surface area contributed by atoms with E-state index in [9.17, 15) is 14.3 Å². The Morgan fingerprint density at radius 3 is 2.72 bits per heavy atom. The number of amidine groups is 1. The van der Waals surface area contributed by atoms with Crippen molar-refractivity contribution < 1.29 is 14.3 Å². The number of hydrogen-bond acceptors (Lipinski definition) is 4. The van der Waals surface area contributed by atoms with Crippen LogP contribution in [0.2, 0.25) is 0 Å². The van der Waals surface area contributed by atoms with E-state index in [-0.39, 0.29) is 12.3 Å². The summed E-state index contributed by atoms with van der Waals surface area (Å²) in [6.07, 6.45) is 1.86. The first-order chi connectivity index (χ1) is 11.9. The highest BCUT2D eigenvalue weighted by Crippen LogP contribution is 2.25. The van der Waals surface area contributed by atoms with Gasteiger partial charge in [-0.15, -0.1) is 0 Å². The van der Waals surface area contributed by atoms with Gasteiger partial charge in [0.05, 0.1) is 18.5 Å². The number of aliphatic hydroxyl groups is 1. The first-order valence-corrected chi connectivity index (χ1v) is 8.87. The maximum atomic E-state index is 14.2. The normalized spacial score (nSPS) is 18.8. The molecule has 0 spiro atoms. The van der Waals surface area contributed by atoms with Gasteiger partial charge in [0.25, 0.3) is 5.91 Å². The van der Waals surface area contributed by atoms with Gasteiger partial charge in [-0.3, -0.25) is 9.79 Å². The molecule has 1 amide bonds. The summed E-state index contributed by atoms with van der Waals surface area (Å²) in [6, 6.07) is 10.00. The monoisotopic (exact) mass is 349 g/mol. The van der Waals surface area contributed by atoms with Crippen LogP contribution in [0.4, 0.5) is 4.39 Å². The number of nitrogens with zero attached hydrogens (tertiary/aromatic N) is 1. The second-order valence-corrected chi connectivity index (χ2v) is 6.90. The third-order valence-electron chi connectivity index (χ3n) is 4.73. The Hall–Kier alpha value is -1.95. The van der Waals surface area contributed by atoms with Gasteiger partial charge in [0.2, 0.25) is 0 Å². The van der Waals surface area contributed by atoms with Crippen molar-refractivity contribution in [1.82, 2.24) is 5.32 Å². The van der Waals surface area contributed by atoms with Crippen LogP contribution in [0.25, 0.3) is 0 Å². The number of halogens is 1. The minimum Gasteiger partial charge on any atom is -0.393 e. The molecule has 4 N–H and O–H groups in total. The van der Waals surface area contributed by atoms with Crippen molar-refractivity contribution in [1.29, 1.82) is 0 Å². The Kier molecular flexibility index (Phi) is 6.93. The molecular weight excluding hydrogens is 321 g/mol. The van der Waals surface area contributed by atoms with Crippen LogP contribution in [0.1, 0.15) is 38.2 Å². The second-order valence-electron chi connectivity index (χ2n) is 6.90. The lowest BCUT2D eigenvalue weighted by Gasteiger charge is -2.24. The van der Waals surface area contributed by atoms with Crippen molar-refractivity contribution in [3.8, 4) is 0 Å². The minimum absolute atomic E-state index is 0.0269. The van der Waals surface area contributed by atoms with Gasteiger partial charge in [0.15, 0.2) is 5.67 Å². The number of rotatable bonds is 10. The lowest BCUT2D eigenvalue weighted by molar-refractivity contribution is -0.128. The van der Waals surface area contributed by atoms with E-state index >= 15 is 0 Å². The predicted octanol–water partition coefficient (Wildman–Crippen LogP) is 1.98. The van der Waals surface area contributed by atoms with E-state index in [1.807, 2.05) is 30.3 Å². The van der Waals surface area contributed by atoms with Gasteiger partial charge in [-0.25, -0.2) is 4.39 Å². The molecule has 2 rings (SSSR count). The van der Waals surface area contributed by atoms with Crippen LogP contribution >= 0.6 is 0 Å². The zero-order chi connectivity index (χ0) is 18.3. The van der Waals surface area contributed by atoms with Gasteiger partial charge in [-0.05, 0) is 44.6 Å². The molecule has 0 saturated carbocycles. The number of alkyl halides is 1. The molecule has 1 aromatic carbocycles. The number of hydrogen-bond donors (Lipinski definition) is 3. The molecule has 3 unspecified atom stereocenters. The average Bonchev–Trinajstić information content (AvgIpc) is 3.12. The van der Waals surface area contributed by atoms with E-state index < -0.39 is 17.7 Å². The van der Waals surface area contributed by atoms with Crippen molar-refractivity contribution in [3.63, 3.8) is 0 Å². The van der Waals surface area contributed by atoms with Crippen LogP contribution < -0.4 is 11.1 Å². The van der Waals surface area contributed by atoms with E-state index in [2.05, 4.69) is 10.3 Å². The van der Waals surface area contributed by atoms with Crippen molar-refractivity contribution in [2.45, 2.75) is 50.8 Å². The Morgan fingerprint density at radius 2 is 2.12 bits per heavy atom. The smallest absolute Gasteiger partial charge is 0.254 e. The number of nitrogens with two attached hydrogens (primary N) is 1. The molecule has 0 aromatic heterocycles. The molecule has 1 aliphatic rings. The molecule has 0 radical (unpaired) electrons. The van der Waals surface area contributed by atoms with Gasteiger partial charge >= 0.3 is 0 Å². The summed E-state index contributed by atoms with van der Waals surface area (Å²) in [4.78, 5) is 15.6. The van der Waals surface area contributed by atoms with Gasteiger partial charge < -0.3 is 16.2 Å². The Balaban J connectivity index is 1.90. The fourth-order valence-electron chi connectivity index (χ4n) is 3.05. The molecule has 0 bridgehead atoms. The quantitative estimate of drug-likeness (QED) is 0.603. The molecule has 5 nitrogen and oxygen atoms in total. The predicted molar refractivity (Wildman–Crippen MR) is 97.1 cm³/mol. The summed E-state index contributed by atoms with van der Waals surface area (Å²) < 4.78 is 14.2. The third-order valence-corrected chi connectivity index (χ3v) is 4.73. The standard InChI is InChI=1S/C19H28FN3O2/c1-19(20,18(21)25)10-9-15(17-22-11-12-23-17)13-16(24)8-7-14-5-3-2-4-6-14/h2-6,15-16,24H,7-13H2,1H3,(H2,21,25)(H,22,23). The number of nitrogens with one attached hydrogen (secondary N) is 1. The van der Waals surface area contributed by atoms with Crippen LogP contribution in [0.15, 0.2) is 35.3 Å². The molecule has 138 valence electrons. The molecule has 0 fully saturated rings. The fraction of sp³-hybridized carbons (Fsp3) is 0.579. The van der Waals surface area contributed by atoms with Crippen molar-refractivity contribution >= 4 is 11.7 Å². The molecule has 25 heavy (non-hydrogen) atoms. The van der Waals surface area contributed by atoms with Gasteiger partial charge in [0.1, 0.15) is 0 Å².